The van der Waals surface area contributed by atoms with Crippen molar-refractivity contribution in [3.05, 3.63) is 47.5 Å². The van der Waals surface area contributed by atoms with Gasteiger partial charge < -0.3 is 4.74 Å². The normalized spacial score (nSPS) is 13.2. The summed E-state index contributed by atoms with van der Waals surface area (Å²) in [6.07, 6.45) is 3.48. The molecule has 16 heavy (non-hydrogen) atoms. The summed E-state index contributed by atoms with van der Waals surface area (Å²) in [7, 11) is 1.63. The zero-order chi connectivity index (χ0) is 11.1. The molecule has 1 aliphatic carbocycles. The van der Waals surface area contributed by atoms with Gasteiger partial charge in [-0.1, -0.05) is 24.3 Å². The van der Waals surface area contributed by atoms with Crippen LogP contribution in [-0.2, 0) is 0 Å². The molecular formula is C14H10O2. The third-order valence-electron chi connectivity index (χ3n) is 2.94. The Labute approximate surface area is 93.2 Å². The average molecular weight is 210 g/mol. The summed E-state index contributed by atoms with van der Waals surface area (Å²) < 4.78 is 5.32. The van der Waals surface area contributed by atoms with Crippen LogP contribution in [0.5, 0.6) is 5.75 Å². The van der Waals surface area contributed by atoms with Crippen molar-refractivity contribution in [2.24, 2.45) is 0 Å². The number of ether oxygens (including phenoxy) is 1. The van der Waals surface area contributed by atoms with Gasteiger partial charge in [0.1, 0.15) is 5.75 Å². The Hall–Kier alpha value is -2.09. The van der Waals surface area contributed by atoms with Crippen LogP contribution >= 0.6 is 0 Å². The topological polar surface area (TPSA) is 26.3 Å². The Morgan fingerprint density at radius 3 is 2.56 bits per heavy atom. The molecule has 2 aromatic carbocycles. The first-order valence-corrected chi connectivity index (χ1v) is 5.13. The van der Waals surface area contributed by atoms with E-state index in [1.54, 1.807) is 13.2 Å². The Bertz CT molecular complexity index is 624. The molecule has 0 bridgehead atoms. The van der Waals surface area contributed by atoms with Gasteiger partial charge >= 0.3 is 0 Å². The fraction of sp³-hybridized carbons (Fsp3) is 0.0714. The van der Waals surface area contributed by atoms with E-state index in [-0.39, 0.29) is 5.78 Å². The van der Waals surface area contributed by atoms with Crippen LogP contribution in [0.15, 0.2) is 36.4 Å². The van der Waals surface area contributed by atoms with E-state index in [1.807, 2.05) is 36.4 Å². The van der Waals surface area contributed by atoms with Crippen LogP contribution in [0.3, 0.4) is 0 Å². The number of benzene rings is 2. The molecule has 1 aliphatic rings. The van der Waals surface area contributed by atoms with E-state index >= 15 is 0 Å². The van der Waals surface area contributed by atoms with Crippen LogP contribution in [0.4, 0.5) is 0 Å². The predicted molar refractivity (Wildman–Crippen MR) is 63.9 cm³/mol. The summed E-state index contributed by atoms with van der Waals surface area (Å²) >= 11 is 0. The zero-order valence-corrected chi connectivity index (χ0v) is 8.86. The van der Waals surface area contributed by atoms with Crippen molar-refractivity contribution in [3.8, 4) is 5.75 Å². The van der Waals surface area contributed by atoms with Gasteiger partial charge in [-0.25, -0.2) is 0 Å². The van der Waals surface area contributed by atoms with Gasteiger partial charge in [0.15, 0.2) is 5.78 Å². The summed E-state index contributed by atoms with van der Waals surface area (Å²) in [5.41, 5.74) is 1.73. The van der Waals surface area contributed by atoms with E-state index in [1.165, 1.54) is 0 Å². The molecule has 2 nitrogen and oxygen atoms in total. The van der Waals surface area contributed by atoms with Crippen molar-refractivity contribution < 1.29 is 9.53 Å². The van der Waals surface area contributed by atoms with Crippen LogP contribution < -0.4 is 4.74 Å². The van der Waals surface area contributed by atoms with Crippen LogP contribution in [-0.4, -0.2) is 12.9 Å². The van der Waals surface area contributed by atoms with Crippen molar-refractivity contribution in [1.82, 2.24) is 0 Å². The first-order valence-electron chi connectivity index (χ1n) is 5.13. The lowest BCUT2D eigenvalue weighted by molar-refractivity contribution is 0.105. The van der Waals surface area contributed by atoms with Gasteiger partial charge in [-0.15, -0.1) is 0 Å². The first-order chi connectivity index (χ1) is 7.81. The van der Waals surface area contributed by atoms with Gasteiger partial charge in [-0.05, 0) is 29.2 Å². The molecule has 2 heteroatoms. The minimum absolute atomic E-state index is 0.0547. The largest absolute Gasteiger partial charge is 0.496 e. The molecule has 0 unspecified atom stereocenters. The first kappa shape index (κ1) is 9.16. The van der Waals surface area contributed by atoms with Crippen LogP contribution in [0.2, 0.25) is 0 Å². The molecule has 78 valence electrons. The monoisotopic (exact) mass is 210 g/mol. The predicted octanol–water partition coefficient (Wildman–Crippen LogP) is 3.06. The van der Waals surface area contributed by atoms with Crippen molar-refractivity contribution >= 4 is 22.6 Å². The van der Waals surface area contributed by atoms with E-state index in [0.29, 0.717) is 0 Å². The molecule has 0 saturated carbocycles. The standard InChI is InChI=1S/C14H10O2/c1-16-14-8-12-10(6-7-13(12)15)9-4-2-3-5-11(9)14/h2-8H,1H3. The Kier molecular flexibility index (Phi) is 1.83. The van der Waals surface area contributed by atoms with Crippen molar-refractivity contribution in [3.63, 3.8) is 0 Å². The smallest absolute Gasteiger partial charge is 0.186 e. The van der Waals surface area contributed by atoms with Crippen LogP contribution in [0, 0.1) is 0 Å². The molecule has 0 amide bonds. The maximum atomic E-state index is 11.6. The molecule has 3 rings (SSSR count). The van der Waals surface area contributed by atoms with E-state index < -0.39 is 0 Å². The van der Waals surface area contributed by atoms with Crippen molar-refractivity contribution in [2.45, 2.75) is 0 Å². The molecule has 0 N–H and O–H groups in total. The highest BCUT2D eigenvalue weighted by atomic mass is 16.5. The maximum absolute atomic E-state index is 11.6. The van der Waals surface area contributed by atoms with E-state index in [9.17, 15) is 4.79 Å². The fourth-order valence-corrected chi connectivity index (χ4v) is 2.17. The van der Waals surface area contributed by atoms with Gasteiger partial charge in [-0.3, -0.25) is 4.79 Å². The highest BCUT2D eigenvalue weighted by Gasteiger charge is 2.18. The van der Waals surface area contributed by atoms with Gasteiger partial charge in [0.25, 0.3) is 0 Å². The number of rotatable bonds is 1. The summed E-state index contributed by atoms with van der Waals surface area (Å²) in [5, 5.41) is 2.11. The fourth-order valence-electron chi connectivity index (χ4n) is 2.17. The average Bonchev–Trinajstić information content (AvgIpc) is 2.70. The number of hydrogen-bond acceptors (Lipinski definition) is 2. The van der Waals surface area contributed by atoms with E-state index in [2.05, 4.69) is 0 Å². The molecule has 0 spiro atoms. The number of carbonyl (C=O) groups is 1. The molecule has 0 aromatic heterocycles. The molecule has 0 heterocycles. The second-order valence-electron chi connectivity index (χ2n) is 3.78. The van der Waals surface area contributed by atoms with Crippen molar-refractivity contribution in [1.29, 1.82) is 0 Å². The lowest BCUT2D eigenvalue weighted by Gasteiger charge is -2.09. The van der Waals surface area contributed by atoms with Crippen molar-refractivity contribution in [2.75, 3.05) is 7.11 Å². The second-order valence-corrected chi connectivity index (χ2v) is 3.78. The number of hydrogen-bond donors (Lipinski definition) is 0. The highest BCUT2D eigenvalue weighted by Crippen LogP contribution is 2.34. The number of methoxy groups -OCH3 is 1. The van der Waals surface area contributed by atoms with Gasteiger partial charge in [-0.2, -0.15) is 0 Å². The molecule has 0 atom stereocenters. The summed E-state index contributed by atoms with van der Waals surface area (Å²) in [6, 6.07) is 9.78. The summed E-state index contributed by atoms with van der Waals surface area (Å²) in [6.45, 7) is 0. The van der Waals surface area contributed by atoms with Gasteiger partial charge in [0, 0.05) is 10.9 Å². The van der Waals surface area contributed by atoms with Crippen LogP contribution in [0.25, 0.3) is 16.8 Å². The molecule has 0 aliphatic heterocycles. The van der Waals surface area contributed by atoms with Crippen LogP contribution in [0.1, 0.15) is 15.9 Å². The van der Waals surface area contributed by atoms with E-state index in [0.717, 1.165) is 27.6 Å². The quantitative estimate of drug-likeness (QED) is 0.723. The Morgan fingerprint density at radius 2 is 1.81 bits per heavy atom. The van der Waals surface area contributed by atoms with Gasteiger partial charge in [0.05, 0.1) is 7.11 Å². The number of fused-ring (bicyclic) bond motifs is 3. The SMILES string of the molecule is COc1cc2c(c3ccccc13)C=CC2=O. The molecule has 0 fully saturated rings. The lowest BCUT2D eigenvalue weighted by Crippen LogP contribution is -1.95. The third kappa shape index (κ3) is 1.10. The number of allylic oxidation sites excluding steroid dienone is 1. The summed E-state index contributed by atoms with van der Waals surface area (Å²) in [5.74, 6) is 0.811. The highest BCUT2D eigenvalue weighted by molar-refractivity contribution is 6.18. The minimum Gasteiger partial charge on any atom is -0.496 e. The van der Waals surface area contributed by atoms with E-state index in [4.69, 9.17) is 4.74 Å². The third-order valence-corrected chi connectivity index (χ3v) is 2.94. The number of carbonyl (C=O) groups excluding carboxylic acids is 1. The zero-order valence-electron chi connectivity index (χ0n) is 8.86. The molecule has 2 aromatic rings. The molecule has 0 radical (unpaired) electrons. The minimum atomic E-state index is 0.0547. The Morgan fingerprint density at radius 1 is 1.06 bits per heavy atom. The maximum Gasteiger partial charge on any atom is 0.186 e. The van der Waals surface area contributed by atoms with Gasteiger partial charge in [0.2, 0.25) is 0 Å². The number of ketones is 1. The molecular weight excluding hydrogens is 200 g/mol. The second kappa shape index (κ2) is 3.20. The molecule has 0 saturated heterocycles. The summed E-state index contributed by atoms with van der Waals surface area (Å²) in [4.78, 5) is 11.6. The lowest BCUT2D eigenvalue weighted by atomic mass is 10.00. The Balaban J connectivity index is 2.48.